The van der Waals surface area contributed by atoms with Crippen LogP contribution in [-0.4, -0.2) is 50.5 Å². The summed E-state index contributed by atoms with van der Waals surface area (Å²) in [6.07, 6.45) is -1.08. The number of carbonyl (C=O) groups excluding carboxylic acids is 2. The Kier molecular flexibility index (Phi) is 7.54. The zero-order valence-electron chi connectivity index (χ0n) is 18.2. The van der Waals surface area contributed by atoms with Gasteiger partial charge in [0.1, 0.15) is 11.2 Å². The molecule has 0 bridgehead atoms. The fourth-order valence-corrected chi connectivity index (χ4v) is 2.35. The van der Waals surface area contributed by atoms with E-state index >= 15 is 0 Å². The van der Waals surface area contributed by atoms with Gasteiger partial charge in [-0.2, -0.15) is 4.90 Å². The second kappa shape index (κ2) is 9.10. The summed E-state index contributed by atoms with van der Waals surface area (Å²) in [6, 6.07) is 1.46. The number of aromatic nitrogens is 1. The molecule has 1 rings (SSSR count). The molecule has 2 N–H and O–H groups in total. The molecule has 1 aromatic rings. The largest absolute Gasteiger partial charge is 0.481 e. The van der Waals surface area contributed by atoms with Gasteiger partial charge < -0.3 is 19.7 Å². The average molecular weight is 424 g/mol. The van der Waals surface area contributed by atoms with Crippen molar-refractivity contribution in [1.29, 1.82) is 0 Å². The molecule has 0 unspecified atom stereocenters. The molecular formula is C20H28N2O8. The van der Waals surface area contributed by atoms with Gasteiger partial charge in [0, 0.05) is 6.20 Å². The van der Waals surface area contributed by atoms with Crippen LogP contribution in [0.15, 0.2) is 12.3 Å². The smallest absolute Gasteiger partial charge is 0.425 e. The number of hydrogen-bond acceptors (Lipinski definition) is 7. The third kappa shape index (κ3) is 7.34. The first-order valence-electron chi connectivity index (χ1n) is 9.19. The molecule has 0 aliphatic carbocycles. The topological polar surface area (TPSA) is 143 Å². The minimum atomic E-state index is -1.65. The highest BCUT2D eigenvalue weighted by Gasteiger charge is 2.35. The number of aryl methyl sites for hydroxylation is 1. The molecule has 10 nitrogen and oxygen atoms in total. The van der Waals surface area contributed by atoms with Gasteiger partial charge in [0.25, 0.3) is 0 Å². The first-order valence-corrected chi connectivity index (χ1v) is 9.19. The van der Waals surface area contributed by atoms with Crippen LogP contribution in [0.4, 0.5) is 15.4 Å². The number of imide groups is 1. The lowest BCUT2D eigenvalue weighted by atomic mass is 10.00. The van der Waals surface area contributed by atoms with Gasteiger partial charge in [-0.05, 0) is 66.0 Å². The van der Waals surface area contributed by atoms with E-state index in [-0.39, 0.29) is 12.2 Å². The molecule has 2 amide bonds. The molecule has 0 fully saturated rings. The Morgan fingerprint density at radius 2 is 1.40 bits per heavy atom. The van der Waals surface area contributed by atoms with Crippen LogP contribution < -0.4 is 4.90 Å². The van der Waals surface area contributed by atoms with E-state index < -0.39 is 41.2 Å². The summed E-state index contributed by atoms with van der Waals surface area (Å²) in [7, 11) is 0. The van der Waals surface area contributed by atoms with Crippen molar-refractivity contribution in [3.63, 3.8) is 0 Å². The molecule has 0 saturated carbocycles. The number of carbonyl (C=O) groups is 4. The molecule has 0 atom stereocenters. The van der Waals surface area contributed by atoms with Crippen molar-refractivity contribution in [2.24, 2.45) is 5.92 Å². The van der Waals surface area contributed by atoms with Gasteiger partial charge in [0.05, 0.1) is 0 Å². The van der Waals surface area contributed by atoms with E-state index in [9.17, 15) is 19.2 Å². The maximum atomic E-state index is 12.7. The highest BCUT2D eigenvalue weighted by molar-refractivity contribution is 6.09. The van der Waals surface area contributed by atoms with Crippen LogP contribution >= 0.6 is 0 Å². The standard InChI is InChI=1S/C20H28N2O8/c1-11-8-12(9-13(15(23)24)16(25)26)10-21-14(11)22(17(27)29-19(2,3)4)18(28)30-20(5,6)7/h8,10,13H,9H2,1-7H3,(H,23,24)(H,25,26). The lowest BCUT2D eigenvalue weighted by Gasteiger charge is -2.28. The predicted molar refractivity (Wildman–Crippen MR) is 106 cm³/mol. The first kappa shape index (κ1) is 24.9. The van der Waals surface area contributed by atoms with Gasteiger partial charge in [-0.15, -0.1) is 0 Å². The van der Waals surface area contributed by atoms with Gasteiger partial charge in [0.2, 0.25) is 0 Å². The molecule has 0 spiro atoms. The van der Waals surface area contributed by atoms with Gasteiger partial charge >= 0.3 is 24.1 Å². The third-order valence-corrected chi connectivity index (χ3v) is 3.51. The summed E-state index contributed by atoms with van der Waals surface area (Å²) < 4.78 is 10.6. The van der Waals surface area contributed by atoms with Gasteiger partial charge in [-0.1, -0.05) is 6.07 Å². The Labute approximate surface area is 174 Å². The third-order valence-electron chi connectivity index (χ3n) is 3.51. The normalized spacial score (nSPS) is 11.7. The zero-order chi connectivity index (χ0) is 23.4. The Balaban J connectivity index is 3.33. The molecule has 1 heterocycles. The van der Waals surface area contributed by atoms with Gasteiger partial charge in [-0.25, -0.2) is 14.6 Å². The fraction of sp³-hybridized carbons (Fsp3) is 0.550. The number of aliphatic carboxylic acids is 2. The zero-order valence-corrected chi connectivity index (χ0v) is 18.2. The number of ether oxygens (including phenoxy) is 2. The number of rotatable bonds is 5. The Morgan fingerprint density at radius 1 is 0.967 bits per heavy atom. The summed E-state index contributed by atoms with van der Waals surface area (Å²) in [5, 5.41) is 18.1. The van der Waals surface area contributed by atoms with Crippen LogP contribution in [0.25, 0.3) is 0 Å². The molecule has 0 saturated heterocycles. The molecule has 0 aromatic carbocycles. The highest BCUT2D eigenvalue weighted by atomic mass is 16.6. The van der Waals surface area contributed by atoms with Crippen molar-refractivity contribution < 1.29 is 38.9 Å². The van der Waals surface area contributed by atoms with E-state index in [1.807, 2.05) is 0 Å². The first-order chi connectivity index (χ1) is 13.5. The summed E-state index contributed by atoms with van der Waals surface area (Å²) in [5.41, 5.74) is -1.12. The quantitative estimate of drug-likeness (QED) is 0.680. The maximum absolute atomic E-state index is 12.7. The summed E-state index contributed by atoms with van der Waals surface area (Å²) >= 11 is 0. The van der Waals surface area contributed by atoms with Crippen LogP contribution in [-0.2, 0) is 25.5 Å². The van der Waals surface area contributed by atoms with Crippen LogP contribution in [0, 0.1) is 12.8 Å². The molecule has 0 aliphatic heterocycles. The number of pyridine rings is 1. The predicted octanol–water partition coefficient (Wildman–Crippen LogP) is 3.39. The van der Waals surface area contributed by atoms with Crippen LogP contribution in [0.2, 0.25) is 0 Å². The van der Waals surface area contributed by atoms with Gasteiger partial charge in [0.15, 0.2) is 11.7 Å². The molecular weight excluding hydrogens is 396 g/mol. The van der Waals surface area contributed by atoms with Crippen molar-refractivity contribution in [2.45, 2.75) is 66.1 Å². The molecule has 1 aromatic heterocycles. The summed E-state index contributed by atoms with van der Waals surface area (Å²) in [6.45, 7) is 11.4. The SMILES string of the molecule is Cc1cc(CC(C(=O)O)C(=O)O)cnc1N(C(=O)OC(C)(C)C)C(=O)OC(C)(C)C. The van der Waals surface area contributed by atoms with Gasteiger partial charge in [-0.3, -0.25) is 9.59 Å². The van der Waals surface area contributed by atoms with Crippen molar-refractivity contribution in [3.8, 4) is 0 Å². The summed E-state index contributed by atoms with van der Waals surface area (Å²) in [4.78, 5) is 52.4. The van der Waals surface area contributed by atoms with E-state index in [2.05, 4.69) is 4.98 Å². The lowest BCUT2D eigenvalue weighted by Crippen LogP contribution is -2.44. The van der Waals surface area contributed by atoms with Crippen molar-refractivity contribution in [3.05, 3.63) is 23.4 Å². The summed E-state index contributed by atoms with van der Waals surface area (Å²) in [5.74, 6) is -4.67. The number of anilines is 1. The fourth-order valence-electron chi connectivity index (χ4n) is 2.35. The van der Waals surface area contributed by atoms with Crippen LogP contribution in [0.3, 0.4) is 0 Å². The maximum Gasteiger partial charge on any atom is 0.425 e. The number of hydrogen-bond donors (Lipinski definition) is 2. The van der Waals surface area contributed by atoms with E-state index in [0.717, 1.165) is 0 Å². The number of carboxylic acids is 2. The average Bonchev–Trinajstić information content (AvgIpc) is 2.50. The van der Waals surface area contributed by atoms with E-state index in [1.165, 1.54) is 12.3 Å². The molecule has 30 heavy (non-hydrogen) atoms. The van der Waals surface area contributed by atoms with Crippen LogP contribution in [0.5, 0.6) is 0 Å². The van der Waals surface area contributed by atoms with Crippen molar-refractivity contribution in [2.75, 3.05) is 4.90 Å². The van der Waals surface area contributed by atoms with E-state index in [4.69, 9.17) is 19.7 Å². The number of amides is 2. The van der Waals surface area contributed by atoms with Crippen molar-refractivity contribution in [1.82, 2.24) is 4.98 Å². The Morgan fingerprint density at radius 3 is 1.73 bits per heavy atom. The van der Waals surface area contributed by atoms with Crippen LogP contribution in [0.1, 0.15) is 52.7 Å². The minimum absolute atomic E-state index is 0.0653. The molecule has 0 aliphatic rings. The van der Waals surface area contributed by atoms with E-state index in [0.29, 0.717) is 16.0 Å². The second-order valence-corrected chi connectivity index (χ2v) is 8.71. The lowest BCUT2D eigenvalue weighted by molar-refractivity contribution is -0.154. The Bertz CT molecular complexity index is 794. The monoisotopic (exact) mass is 424 g/mol. The molecule has 0 radical (unpaired) electrons. The Hall–Kier alpha value is -3.17. The number of nitrogens with zero attached hydrogens (tertiary/aromatic N) is 2. The van der Waals surface area contributed by atoms with Crippen molar-refractivity contribution >= 4 is 29.9 Å². The second-order valence-electron chi connectivity index (χ2n) is 8.71. The minimum Gasteiger partial charge on any atom is -0.481 e. The highest BCUT2D eigenvalue weighted by Crippen LogP contribution is 2.24. The van der Waals surface area contributed by atoms with E-state index in [1.54, 1.807) is 48.5 Å². The molecule has 10 heteroatoms. The number of carboxylic acid groups (broad SMARTS) is 2. The molecule has 166 valence electrons.